The molecule has 0 fully saturated rings. The van der Waals surface area contributed by atoms with Crippen LogP contribution < -0.4 is 4.74 Å². The summed E-state index contributed by atoms with van der Waals surface area (Å²) < 4.78 is 10.6. The monoisotopic (exact) mass is 252 g/mol. The second-order valence-corrected chi connectivity index (χ2v) is 4.23. The zero-order valence-electron chi connectivity index (χ0n) is 9.47. The van der Waals surface area contributed by atoms with E-state index < -0.39 is 0 Å². The number of halogens is 1. The van der Waals surface area contributed by atoms with Crippen LogP contribution in [0.4, 0.5) is 0 Å². The Morgan fingerprint density at radius 1 is 1.35 bits per heavy atom. The first-order valence-electron chi connectivity index (χ1n) is 5.40. The Morgan fingerprint density at radius 2 is 2.12 bits per heavy atom. The molecule has 90 valence electrons. The fraction of sp³-hybridized carbons (Fsp3) is 0.333. The van der Waals surface area contributed by atoms with Crippen molar-refractivity contribution in [3.63, 3.8) is 0 Å². The van der Waals surface area contributed by atoms with E-state index in [1.54, 1.807) is 6.92 Å². The van der Waals surface area contributed by atoms with Crippen molar-refractivity contribution in [2.75, 3.05) is 6.61 Å². The molecule has 0 N–H and O–H groups in total. The summed E-state index contributed by atoms with van der Waals surface area (Å²) >= 11 is 5.83. The number of rotatable bonds is 5. The summed E-state index contributed by atoms with van der Waals surface area (Å²) in [6.07, 6.45) is 0.575. The minimum atomic E-state index is -0.234. The van der Waals surface area contributed by atoms with Gasteiger partial charge >= 0.3 is 0 Å². The van der Waals surface area contributed by atoms with Gasteiger partial charge in [-0.1, -0.05) is 23.4 Å². The second-order valence-electron chi connectivity index (χ2n) is 3.57. The summed E-state index contributed by atoms with van der Waals surface area (Å²) in [6.45, 7) is 2.30. The lowest BCUT2D eigenvalue weighted by Gasteiger charge is -2.02. The maximum absolute atomic E-state index is 5.83. The molecule has 2 aromatic rings. The van der Waals surface area contributed by atoms with Crippen LogP contribution in [0.25, 0.3) is 0 Å². The molecule has 4 nitrogen and oxygen atoms in total. The Hall–Kier alpha value is -1.55. The third-order valence-electron chi connectivity index (χ3n) is 2.17. The minimum Gasteiger partial charge on any atom is -0.493 e. The van der Waals surface area contributed by atoms with Crippen LogP contribution in [0, 0.1) is 0 Å². The van der Waals surface area contributed by atoms with E-state index in [2.05, 4.69) is 10.1 Å². The van der Waals surface area contributed by atoms with Crippen molar-refractivity contribution in [3.05, 3.63) is 42.0 Å². The molecule has 0 saturated carbocycles. The average Bonchev–Trinajstić information content (AvgIpc) is 2.79. The van der Waals surface area contributed by atoms with Gasteiger partial charge in [0.05, 0.1) is 18.4 Å². The molecule has 0 aliphatic rings. The van der Waals surface area contributed by atoms with Gasteiger partial charge in [0.2, 0.25) is 5.89 Å². The van der Waals surface area contributed by atoms with Crippen molar-refractivity contribution in [1.82, 2.24) is 10.1 Å². The molecule has 5 heteroatoms. The zero-order chi connectivity index (χ0) is 12.1. The first kappa shape index (κ1) is 11.9. The number of ether oxygens (including phenoxy) is 1. The number of benzene rings is 1. The molecular formula is C12H13ClN2O2. The number of nitrogens with zero attached hydrogens (tertiary/aromatic N) is 2. The first-order chi connectivity index (χ1) is 8.25. The fourth-order valence-corrected chi connectivity index (χ4v) is 1.39. The van der Waals surface area contributed by atoms with Gasteiger partial charge in [0.1, 0.15) is 5.75 Å². The van der Waals surface area contributed by atoms with Crippen molar-refractivity contribution >= 4 is 11.6 Å². The van der Waals surface area contributed by atoms with Crippen molar-refractivity contribution < 1.29 is 9.26 Å². The van der Waals surface area contributed by atoms with Crippen LogP contribution in [0.1, 0.15) is 24.0 Å². The van der Waals surface area contributed by atoms with Gasteiger partial charge in [0.25, 0.3) is 0 Å². The quantitative estimate of drug-likeness (QED) is 0.768. The lowest BCUT2D eigenvalue weighted by atomic mass is 10.3. The van der Waals surface area contributed by atoms with Gasteiger partial charge in [-0.2, -0.15) is 4.98 Å². The van der Waals surface area contributed by atoms with Crippen molar-refractivity contribution in [2.45, 2.75) is 18.7 Å². The lowest BCUT2D eigenvalue weighted by Crippen LogP contribution is -2.01. The van der Waals surface area contributed by atoms with E-state index in [9.17, 15) is 0 Å². The Morgan fingerprint density at radius 3 is 2.76 bits per heavy atom. The third-order valence-corrected chi connectivity index (χ3v) is 2.36. The summed E-state index contributed by atoms with van der Waals surface area (Å²) in [7, 11) is 0. The minimum absolute atomic E-state index is 0.234. The maximum Gasteiger partial charge on any atom is 0.230 e. The van der Waals surface area contributed by atoms with Gasteiger partial charge in [-0.15, -0.1) is 11.6 Å². The van der Waals surface area contributed by atoms with Crippen LogP contribution in [0.2, 0.25) is 0 Å². The first-order valence-corrected chi connectivity index (χ1v) is 5.84. The highest BCUT2D eigenvalue weighted by atomic mass is 35.5. The van der Waals surface area contributed by atoms with Gasteiger partial charge < -0.3 is 9.26 Å². The van der Waals surface area contributed by atoms with Crippen LogP contribution in [0.15, 0.2) is 34.9 Å². The number of para-hydroxylation sites is 1. The molecule has 0 bridgehead atoms. The molecule has 2 rings (SSSR count). The molecule has 1 aromatic carbocycles. The lowest BCUT2D eigenvalue weighted by molar-refractivity contribution is 0.292. The Kier molecular flexibility index (Phi) is 3.98. The molecule has 1 unspecified atom stereocenters. The molecular weight excluding hydrogens is 240 g/mol. The van der Waals surface area contributed by atoms with E-state index in [4.69, 9.17) is 20.9 Å². The molecule has 0 aliphatic carbocycles. The predicted octanol–water partition coefficient (Wildman–Crippen LogP) is 2.99. The van der Waals surface area contributed by atoms with Crippen molar-refractivity contribution in [2.24, 2.45) is 0 Å². The third kappa shape index (κ3) is 3.46. The highest BCUT2D eigenvalue weighted by Crippen LogP contribution is 2.15. The van der Waals surface area contributed by atoms with Gasteiger partial charge in [-0.3, -0.25) is 0 Å². The van der Waals surface area contributed by atoms with Crippen molar-refractivity contribution in [3.8, 4) is 5.75 Å². The van der Waals surface area contributed by atoms with E-state index in [0.717, 1.165) is 5.75 Å². The van der Waals surface area contributed by atoms with Gasteiger partial charge in [0, 0.05) is 0 Å². The summed E-state index contributed by atoms with van der Waals surface area (Å²) in [5, 5.41) is 3.53. The Labute approximate surface area is 105 Å². The SMILES string of the molecule is CC(Cl)c1noc(CCOc2ccccc2)n1. The fourth-order valence-electron chi connectivity index (χ4n) is 1.30. The van der Waals surface area contributed by atoms with Gasteiger partial charge in [-0.05, 0) is 19.1 Å². The topological polar surface area (TPSA) is 48.2 Å². The number of aromatic nitrogens is 2. The van der Waals surface area contributed by atoms with E-state index in [-0.39, 0.29) is 5.38 Å². The molecule has 0 aliphatic heterocycles. The smallest absolute Gasteiger partial charge is 0.230 e. The molecule has 17 heavy (non-hydrogen) atoms. The highest BCUT2D eigenvalue weighted by Gasteiger charge is 2.10. The average molecular weight is 253 g/mol. The predicted molar refractivity (Wildman–Crippen MR) is 64.2 cm³/mol. The summed E-state index contributed by atoms with van der Waals surface area (Å²) in [6, 6.07) is 9.60. The molecule has 0 amide bonds. The molecule has 0 saturated heterocycles. The van der Waals surface area contributed by atoms with Crippen LogP contribution in [-0.2, 0) is 6.42 Å². The van der Waals surface area contributed by atoms with Crippen LogP contribution in [0.3, 0.4) is 0 Å². The van der Waals surface area contributed by atoms with Gasteiger partial charge in [0.15, 0.2) is 5.82 Å². The number of alkyl halides is 1. The number of hydrogen-bond donors (Lipinski definition) is 0. The van der Waals surface area contributed by atoms with E-state index in [0.29, 0.717) is 24.7 Å². The largest absolute Gasteiger partial charge is 0.493 e. The standard InChI is InChI=1S/C12H13ClN2O2/c1-9(13)12-14-11(17-15-12)7-8-16-10-5-3-2-4-6-10/h2-6,9H,7-8H2,1H3. The molecule has 0 spiro atoms. The molecule has 0 radical (unpaired) electrons. The summed E-state index contributed by atoms with van der Waals surface area (Å²) in [4.78, 5) is 4.15. The molecule has 1 atom stereocenters. The maximum atomic E-state index is 5.83. The Balaban J connectivity index is 1.82. The summed E-state index contributed by atoms with van der Waals surface area (Å²) in [5.74, 6) is 1.89. The second kappa shape index (κ2) is 5.68. The highest BCUT2D eigenvalue weighted by molar-refractivity contribution is 6.20. The van der Waals surface area contributed by atoms with Gasteiger partial charge in [-0.25, -0.2) is 0 Å². The Bertz CT molecular complexity index is 457. The zero-order valence-corrected chi connectivity index (χ0v) is 10.2. The van der Waals surface area contributed by atoms with Crippen LogP contribution in [-0.4, -0.2) is 16.7 Å². The van der Waals surface area contributed by atoms with E-state index >= 15 is 0 Å². The normalized spacial score (nSPS) is 12.4. The summed E-state index contributed by atoms with van der Waals surface area (Å²) in [5.41, 5.74) is 0. The van der Waals surface area contributed by atoms with Crippen molar-refractivity contribution in [1.29, 1.82) is 0 Å². The van der Waals surface area contributed by atoms with E-state index in [1.165, 1.54) is 0 Å². The number of hydrogen-bond acceptors (Lipinski definition) is 4. The van der Waals surface area contributed by atoms with E-state index in [1.807, 2.05) is 30.3 Å². The molecule has 1 heterocycles. The van der Waals surface area contributed by atoms with Crippen LogP contribution in [0.5, 0.6) is 5.75 Å². The molecule has 1 aromatic heterocycles. The van der Waals surface area contributed by atoms with Crippen LogP contribution >= 0.6 is 11.6 Å².